The molecule has 34 heavy (non-hydrogen) atoms. The smallest absolute Gasteiger partial charge is 0.229 e. The van der Waals surface area contributed by atoms with Crippen molar-refractivity contribution < 1.29 is 14.3 Å². The highest BCUT2D eigenvalue weighted by Gasteiger charge is 2.20. The lowest BCUT2D eigenvalue weighted by Crippen LogP contribution is -2.30. The summed E-state index contributed by atoms with van der Waals surface area (Å²) in [5.74, 6) is 2.55. The quantitative estimate of drug-likeness (QED) is 0.183. The van der Waals surface area contributed by atoms with Crippen LogP contribution in [0.25, 0.3) is 10.2 Å². The van der Waals surface area contributed by atoms with Gasteiger partial charge in [-0.1, -0.05) is 17.4 Å². The summed E-state index contributed by atoms with van der Waals surface area (Å²) in [6.07, 6.45) is 2.96. The number of thioether (sulfide) groups is 1. The average molecular weight is 494 g/mol. The molecule has 0 atom stereocenters. The van der Waals surface area contributed by atoms with Crippen LogP contribution in [0.2, 0.25) is 0 Å². The second kappa shape index (κ2) is 11.9. The second-order valence-electron chi connectivity index (χ2n) is 7.49. The van der Waals surface area contributed by atoms with Crippen LogP contribution in [0.15, 0.2) is 71.8 Å². The molecule has 0 bridgehead atoms. The Kier molecular flexibility index (Phi) is 8.38. The molecule has 0 aliphatic carbocycles. The van der Waals surface area contributed by atoms with E-state index in [1.807, 2.05) is 67.6 Å². The van der Waals surface area contributed by atoms with Gasteiger partial charge in [-0.05, 0) is 73.7 Å². The monoisotopic (exact) mass is 493 g/mol. The SMILES string of the molecule is CCOc1ccc2nc(N(Cc3ccccn3)C(=O)CCCSc3ccc(OC)cc3)sc2c1. The van der Waals surface area contributed by atoms with Crippen molar-refractivity contribution in [1.29, 1.82) is 0 Å². The van der Waals surface area contributed by atoms with E-state index in [-0.39, 0.29) is 5.91 Å². The van der Waals surface area contributed by atoms with Gasteiger partial charge in [-0.2, -0.15) is 0 Å². The van der Waals surface area contributed by atoms with Gasteiger partial charge in [0, 0.05) is 17.5 Å². The third-order valence-corrected chi connectivity index (χ3v) is 7.24. The van der Waals surface area contributed by atoms with Gasteiger partial charge in [0.05, 0.1) is 36.2 Å². The molecule has 2 aromatic heterocycles. The number of benzene rings is 2. The Balaban J connectivity index is 1.45. The molecule has 6 nitrogen and oxygen atoms in total. The zero-order valence-electron chi connectivity index (χ0n) is 19.3. The second-order valence-corrected chi connectivity index (χ2v) is 9.66. The number of hydrogen-bond donors (Lipinski definition) is 0. The summed E-state index contributed by atoms with van der Waals surface area (Å²) in [4.78, 5) is 25.4. The number of fused-ring (bicyclic) bond motifs is 1. The van der Waals surface area contributed by atoms with Gasteiger partial charge in [0.25, 0.3) is 0 Å². The van der Waals surface area contributed by atoms with E-state index >= 15 is 0 Å². The Labute approximate surface area is 207 Å². The molecule has 2 aromatic carbocycles. The maximum atomic E-state index is 13.3. The van der Waals surface area contributed by atoms with Gasteiger partial charge in [-0.25, -0.2) is 4.98 Å². The van der Waals surface area contributed by atoms with Crippen molar-refractivity contribution in [2.24, 2.45) is 0 Å². The molecule has 0 saturated heterocycles. The molecule has 0 N–H and O–H groups in total. The summed E-state index contributed by atoms with van der Waals surface area (Å²) >= 11 is 3.24. The number of nitrogens with zero attached hydrogens (tertiary/aromatic N) is 3. The third kappa shape index (κ3) is 6.27. The van der Waals surface area contributed by atoms with E-state index in [1.165, 1.54) is 11.3 Å². The van der Waals surface area contributed by atoms with Crippen molar-refractivity contribution in [2.75, 3.05) is 24.4 Å². The zero-order valence-corrected chi connectivity index (χ0v) is 20.9. The molecular weight excluding hydrogens is 466 g/mol. The zero-order chi connectivity index (χ0) is 23.8. The first-order chi connectivity index (χ1) is 16.7. The maximum absolute atomic E-state index is 13.3. The van der Waals surface area contributed by atoms with Gasteiger partial charge < -0.3 is 9.47 Å². The summed E-state index contributed by atoms with van der Waals surface area (Å²) in [6, 6.07) is 19.5. The normalized spacial score (nSPS) is 10.9. The number of anilines is 1. The summed E-state index contributed by atoms with van der Waals surface area (Å²) < 4.78 is 11.8. The van der Waals surface area contributed by atoms with Crippen LogP contribution < -0.4 is 14.4 Å². The van der Waals surface area contributed by atoms with Crippen molar-refractivity contribution in [3.05, 3.63) is 72.6 Å². The third-order valence-electron chi connectivity index (χ3n) is 5.10. The van der Waals surface area contributed by atoms with Gasteiger partial charge >= 0.3 is 0 Å². The molecular formula is C26H27N3O3S2. The Morgan fingerprint density at radius 2 is 1.91 bits per heavy atom. The van der Waals surface area contributed by atoms with Gasteiger partial charge in [-0.3, -0.25) is 14.7 Å². The number of ether oxygens (including phenoxy) is 2. The largest absolute Gasteiger partial charge is 0.497 e. The van der Waals surface area contributed by atoms with Crippen molar-refractivity contribution in [3.63, 3.8) is 0 Å². The molecule has 0 saturated carbocycles. The number of methoxy groups -OCH3 is 1. The van der Waals surface area contributed by atoms with E-state index in [4.69, 9.17) is 14.5 Å². The maximum Gasteiger partial charge on any atom is 0.229 e. The van der Waals surface area contributed by atoms with Gasteiger partial charge in [0.2, 0.25) is 5.91 Å². The van der Waals surface area contributed by atoms with Crippen LogP contribution in [-0.2, 0) is 11.3 Å². The van der Waals surface area contributed by atoms with Crippen LogP contribution in [0, 0.1) is 0 Å². The first-order valence-corrected chi connectivity index (χ1v) is 13.0. The van der Waals surface area contributed by atoms with E-state index in [2.05, 4.69) is 4.98 Å². The first kappa shape index (κ1) is 24.0. The van der Waals surface area contributed by atoms with E-state index in [1.54, 1.807) is 30.0 Å². The average Bonchev–Trinajstić information content (AvgIpc) is 3.29. The fraction of sp³-hybridized carbons (Fsp3) is 0.269. The number of hydrogen-bond acceptors (Lipinski definition) is 7. The molecule has 0 unspecified atom stereocenters. The van der Waals surface area contributed by atoms with E-state index in [0.717, 1.165) is 44.5 Å². The topological polar surface area (TPSA) is 64.5 Å². The van der Waals surface area contributed by atoms with Crippen LogP contribution in [0.1, 0.15) is 25.5 Å². The van der Waals surface area contributed by atoms with Gasteiger partial charge in [0.1, 0.15) is 11.5 Å². The molecule has 8 heteroatoms. The summed E-state index contributed by atoms with van der Waals surface area (Å²) in [6.45, 7) is 2.96. The fourth-order valence-corrected chi connectivity index (χ4v) is 5.26. The molecule has 0 aliphatic heterocycles. The number of thiazole rings is 1. The Hall–Kier alpha value is -3.10. The minimum absolute atomic E-state index is 0.0464. The van der Waals surface area contributed by atoms with Gasteiger partial charge in [0.15, 0.2) is 5.13 Å². The molecule has 0 fully saturated rings. The van der Waals surface area contributed by atoms with Crippen LogP contribution in [-0.4, -0.2) is 35.3 Å². The number of amides is 1. The molecule has 0 aliphatic rings. The number of aromatic nitrogens is 2. The van der Waals surface area contributed by atoms with E-state index in [9.17, 15) is 4.79 Å². The van der Waals surface area contributed by atoms with Crippen LogP contribution >= 0.6 is 23.1 Å². The highest BCUT2D eigenvalue weighted by molar-refractivity contribution is 7.99. The lowest BCUT2D eigenvalue weighted by atomic mass is 10.2. The fourth-order valence-electron chi connectivity index (χ4n) is 3.40. The molecule has 0 spiro atoms. The Morgan fingerprint density at radius 1 is 1.09 bits per heavy atom. The van der Waals surface area contributed by atoms with Gasteiger partial charge in [-0.15, -0.1) is 11.8 Å². The molecule has 0 radical (unpaired) electrons. The molecule has 176 valence electrons. The highest BCUT2D eigenvalue weighted by Crippen LogP contribution is 2.33. The predicted molar refractivity (Wildman–Crippen MR) is 139 cm³/mol. The first-order valence-electron chi connectivity index (χ1n) is 11.2. The van der Waals surface area contributed by atoms with Crippen molar-refractivity contribution >= 4 is 44.4 Å². The molecule has 2 heterocycles. The Morgan fingerprint density at radius 3 is 2.65 bits per heavy atom. The summed E-state index contributed by atoms with van der Waals surface area (Å²) in [5, 5.41) is 0.683. The highest BCUT2D eigenvalue weighted by atomic mass is 32.2. The minimum Gasteiger partial charge on any atom is -0.497 e. The minimum atomic E-state index is 0.0464. The molecule has 4 rings (SSSR count). The summed E-state index contributed by atoms with van der Waals surface area (Å²) in [5.41, 5.74) is 1.69. The van der Waals surface area contributed by atoms with E-state index < -0.39 is 0 Å². The number of rotatable bonds is 11. The number of pyridine rings is 1. The standard InChI is InChI=1S/C26H27N3O3S2/c1-3-32-21-11-14-23-24(17-21)34-26(28-23)29(18-19-7-4-5-15-27-19)25(30)8-6-16-33-22-12-9-20(31-2)10-13-22/h4-5,7,9-15,17H,3,6,8,16,18H2,1-2H3. The lowest BCUT2D eigenvalue weighted by molar-refractivity contribution is -0.118. The molecule has 4 aromatic rings. The summed E-state index contributed by atoms with van der Waals surface area (Å²) in [7, 11) is 1.66. The van der Waals surface area contributed by atoms with Crippen LogP contribution in [0.4, 0.5) is 5.13 Å². The molecule has 1 amide bonds. The number of carbonyl (C=O) groups excluding carboxylic acids is 1. The van der Waals surface area contributed by atoms with Crippen molar-refractivity contribution in [2.45, 2.75) is 31.2 Å². The van der Waals surface area contributed by atoms with E-state index in [0.29, 0.717) is 24.7 Å². The predicted octanol–water partition coefficient (Wildman–Crippen LogP) is 6.20. The van der Waals surface area contributed by atoms with Crippen molar-refractivity contribution in [3.8, 4) is 11.5 Å². The Bertz CT molecular complexity index is 1210. The van der Waals surface area contributed by atoms with Crippen molar-refractivity contribution in [1.82, 2.24) is 9.97 Å². The van der Waals surface area contributed by atoms with Crippen LogP contribution in [0.5, 0.6) is 11.5 Å². The number of carbonyl (C=O) groups is 1. The lowest BCUT2D eigenvalue weighted by Gasteiger charge is -2.19. The van der Waals surface area contributed by atoms with Crippen LogP contribution in [0.3, 0.4) is 0 Å².